The van der Waals surface area contributed by atoms with Gasteiger partial charge in [0.2, 0.25) is 0 Å². The van der Waals surface area contributed by atoms with Crippen molar-refractivity contribution in [1.29, 1.82) is 0 Å². The van der Waals surface area contributed by atoms with Crippen molar-refractivity contribution < 1.29 is 4.42 Å². The summed E-state index contributed by atoms with van der Waals surface area (Å²) in [6, 6.07) is 1.85. The third-order valence-corrected chi connectivity index (χ3v) is 2.55. The molecule has 0 fully saturated rings. The summed E-state index contributed by atoms with van der Waals surface area (Å²) < 4.78 is 5.79. The lowest BCUT2D eigenvalue weighted by Crippen LogP contribution is -1.86. The molecule has 0 saturated heterocycles. The third kappa shape index (κ3) is 1.25. The van der Waals surface area contributed by atoms with Crippen molar-refractivity contribution in [3.05, 3.63) is 22.6 Å². The van der Waals surface area contributed by atoms with Crippen LogP contribution in [0.2, 0.25) is 0 Å². The fourth-order valence-corrected chi connectivity index (χ4v) is 1.58. The minimum Gasteiger partial charge on any atom is -0.457 e. The highest BCUT2D eigenvalue weighted by Crippen LogP contribution is 2.31. The topological polar surface area (TPSA) is 67.8 Å². The summed E-state index contributed by atoms with van der Waals surface area (Å²) in [5.41, 5.74) is 8.36. The number of H-pyrrole nitrogens is 1. The van der Waals surface area contributed by atoms with Crippen LogP contribution in [-0.4, -0.2) is 10.2 Å². The van der Waals surface area contributed by atoms with Crippen LogP contribution in [-0.2, 0) is 0 Å². The first-order valence-corrected chi connectivity index (χ1v) is 4.53. The molecule has 0 aliphatic rings. The van der Waals surface area contributed by atoms with E-state index in [-0.39, 0.29) is 0 Å². The second-order valence-electron chi connectivity index (χ2n) is 2.72. The number of anilines is 1. The van der Waals surface area contributed by atoms with E-state index in [4.69, 9.17) is 10.2 Å². The van der Waals surface area contributed by atoms with E-state index in [1.54, 1.807) is 6.26 Å². The Labute approximate surface area is 83.3 Å². The fourth-order valence-electron chi connectivity index (χ4n) is 1.15. The Morgan fingerprint density at radius 2 is 2.38 bits per heavy atom. The molecule has 2 aromatic rings. The maximum Gasteiger partial charge on any atom is 0.178 e. The van der Waals surface area contributed by atoms with Gasteiger partial charge in [-0.15, -0.1) is 0 Å². The van der Waals surface area contributed by atoms with Crippen molar-refractivity contribution in [2.75, 3.05) is 5.73 Å². The maximum atomic E-state index is 5.61. The number of rotatable bonds is 1. The van der Waals surface area contributed by atoms with Gasteiger partial charge in [-0.25, -0.2) is 0 Å². The Hall–Kier alpha value is -1.23. The summed E-state index contributed by atoms with van der Waals surface area (Å²) in [4.78, 5) is 0. The van der Waals surface area contributed by atoms with E-state index >= 15 is 0 Å². The molecule has 0 spiro atoms. The van der Waals surface area contributed by atoms with E-state index in [1.807, 2.05) is 13.0 Å². The number of aromatic amines is 1. The first-order valence-electron chi connectivity index (χ1n) is 3.74. The van der Waals surface area contributed by atoms with E-state index in [1.165, 1.54) is 0 Å². The summed E-state index contributed by atoms with van der Waals surface area (Å²) >= 11 is 3.29. The Morgan fingerprint density at radius 1 is 1.62 bits per heavy atom. The molecule has 0 unspecified atom stereocenters. The number of aromatic nitrogens is 2. The monoisotopic (exact) mass is 241 g/mol. The maximum absolute atomic E-state index is 5.61. The van der Waals surface area contributed by atoms with Crippen molar-refractivity contribution in [1.82, 2.24) is 10.2 Å². The fraction of sp³-hybridized carbons (Fsp3) is 0.125. The van der Waals surface area contributed by atoms with Gasteiger partial charge >= 0.3 is 0 Å². The summed E-state index contributed by atoms with van der Waals surface area (Å²) in [5.74, 6) is 0.517. The number of nitrogens with two attached hydrogens (primary N) is 1. The van der Waals surface area contributed by atoms with Crippen LogP contribution in [0.15, 0.2) is 21.4 Å². The molecule has 2 heterocycles. The minimum absolute atomic E-state index is 0.517. The predicted octanol–water partition coefficient (Wildman–Crippen LogP) is 2.32. The number of halogens is 1. The van der Waals surface area contributed by atoms with E-state index in [0.29, 0.717) is 10.5 Å². The molecule has 4 nitrogen and oxygen atoms in total. The molecule has 5 heteroatoms. The molecule has 0 atom stereocenters. The molecule has 3 N–H and O–H groups in total. The Kier molecular flexibility index (Phi) is 1.88. The number of nitrogen functional groups attached to an aromatic ring is 1. The van der Waals surface area contributed by atoms with Crippen LogP contribution in [0.3, 0.4) is 0 Å². The largest absolute Gasteiger partial charge is 0.457 e. The zero-order valence-electron chi connectivity index (χ0n) is 6.97. The summed E-state index contributed by atoms with van der Waals surface area (Å²) in [6.07, 6.45) is 1.61. The molecular weight excluding hydrogens is 234 g/mol. The number of furan rings is 1. The van der Waals surface area contributed by atoms with Crippen LogP contribution in [0.5, 0.6) is 0 Å². The van der Waals surface area contributed by atoms with Crippen LogP contribution < -0.4 is 5.73 Å². The van der Waals surface area contributed by atoms with Gasteiger partial charge in [0.1, 0.15) is 5.82 Å². The van der Waals surface area contributed by atoms with Crippen molar-refractivity contribution >= 4 is 21.7 Å². The van der Waals surface area contributed by atoms with Gasteiger partial charge in [-0.05, 0) is 28.9 Å². The molecule has 0 radical (unpaired) electrons. The second kappa shape index (κ2) is 2.92. The molecule has 0 bridgehead atoms. The standard InChI is InChI=1S/C8H8BrN3O/c1-4-6(11-12-8(4)10)5-2-3-13-7(5)9/h2-3H,1H3,(H3,10,11,12). The quantitative estimate of drug-likeness (QED) is 0.806. The molecule has 0 saturated carbocycles. The summed E-state index contributed by atoms with van der Waals surface area (Å²) in [5, 5.41) is 6.76. The van der Waals surface area contributed by atoms with Gasteiger partial charge in [0.15, 0.2) is 4.67 Å². The van der Waals surface area contributed by atoms with Crippen LogP contribution in [0.25, 0.3) is 11.3 Å². The van der Waals surface area contributed by atoms with Gasteiger partial charge < -0.3 is 10.2 Å². The van der Waals surface area contributed by atoms with Gasteiger partial charge in [-0.2, -0.15) is 5.10 Å². The van der Waals surface area contributed by atoms with E-state index in [9.17, 15) is 0 Å². The number of hydrogen-bond acceptors (Lipinski definition) is 3. The number of nitrogens with zero attached hydrogens (tertiary/aromatic N) is 1. The van der Waals surface area contributed by atoms with Crippen molar-refractivity contribution in [3.8, 4) is 11.3 Å². The van der Waals surface area contributed by atoms with Crippen molar-refractivity contribution in [2.45, 2.75) is 6.92 Å². The molecular formula is C8H8BrN3O. The van der Waals surface area contributed by atoms with Gasteiger partial charge in [0.05, 0.1) is 17.5 Å². The number of hydrogen-bond donors (Lipinski definition) is 2. The molecule has 0 aliphatic heterocycles. The average Bonchev–Trinajstić information content (AvgIpc) is 2.62. The van der Waals surface area contributed by atoms with E-state index < -0.39 is 0 Å². The second-order valence-corrected chi connectivity index (χ2v) is 3.44. The zero-order chi connectivity index (χ0) is 9.42. The minimum atomic E-state index is 0.517. The van der Waals surface area contributed by atoms with Gasteiger partial charge in [0.25, 0.3) is 0 Å². The smallest absolute Gasteiger partial charge is 0.178 e. The normalized spacial score (nSPS) is 10.6. The zero-order valence-corrected chi connectivity index (χ0v) is 8.55. The molecule has 68 valence electrons. The van der Waals surface area contributed by atoms with Crippen molar-refractivity contribution in [3.63, 3.8) is 0 Å². The lowest BCUT2D eigenvalue weighted by Gasteiger charge is -1.94. The lowest BCUT2D eigenvalue weighted by atomic mass is 10.1. The van der Waals surface area contributed by atoms with Crippen LogP contribution in [0, 0.1) is 6.92 Å². The predicted molar refractivity (Wildman–Crippen MR) is 53.1 cm³/mol. The average molecular weight is 242 g/mol. The van der Waals surface area contributed by atoms with Crippen LogP contribution >= 0.6 is 15.9 Å². The Balaban J connectivity index is 2.59. The molecule has 0 amide bonds. The molecule has 2 aromatic heterocycles. The Bertz CT molecular complexity index is 432. The highest BCUT2D eigenvalue weighted by molar-refractivity contribution is 9.10. The van der Waals surface area contributed by atoms with Crippen LogP contribution in [0.4, 0.5) is 5.82 Å². The van der Waals surface area contributed by atoms with E-state index in [0.717, 1.165) is 16.8 Å². The van der Waals surface area contributed by atoms with Gasteiger partial charge in [0, 0.05) is 5.56 Å². The highest BCUT2D eigenvalue weighted by atomic mass is 79.9. The SMILES string of the molecule is Cc1c(N)n[nH]c1-c1ccoc1Br. The van der Waals surface area contributed by atoms with Crippen molar-refractivity contribution in [2.24, 2.45) is 0 Å². The molecule has 0 aromatic carbocycles. The first kappa shape index (κ1) is 8.37. The van der Waals surface area contributed by atoms with Gasteiger partial charge in [-0.3, -0.25) is 5.10 Å². The molecule has 2 rings (SSSR count). The van der Waals surface area contributed by atoms with Crippen LogP contribution in [0.1, 0.15) is 5.56 Å². The molecule has 0 aliphatic carbocycles. The first-order chi connectivity index (χ1) is 6.20. The highest BCUT2D eigenvalue weighted by Gasteiger charge is 2.12. The lowest BCUT2D eigenvalue weighted by molar-refractivity contribution is 0.542. The van der Waals surface area contributed by atoms with Gasteiger partial charge in [-0.1, -0.05) is 0 Å². The number of nitrogens with one attached hydrogen (secondary N) is 1. The summed E-state index contributed by atoms with van der Waals surface area (Å²) in [6.45, 7) is 1.91. The Morgan fingerprint density at radius 3 is 2.85 bits per heavy atom. The third-order valence-electron chi connectivity index (χ3n) is 1.93. The van der Waals surface area contributed by atoms with E-state index in [2.05, 4.69) is 26.1 Å². The molecule has 13 heavy (non-hydrogen) atoms. The summed E-state index contributed by atoms with van der Waals surface area (Å²) in [7, 11) is 0.